The summed E-state index contributed by atoms with van der Waals surface area (Å²) in [6, 6.07) is 9.10. The Balaban J connectivity index is 1.49. The number of aromatic nitrogens is 1. The number of carbonyl (C=O) groups is 1. The molecule has 1 aromatic carbocycles. The molecule has 1 saturated carbocycles. The van der Waals surface area contributed by atoms with Crippen molar-refractivity contribution in [3.63, 3.8) is 0 Å². The normalized spacial score (nSPS) is 26.3. The first kappa shape index (κ1) is 20.3. The third kappa shape index (κ3) is 4.31. The van der Waals surface area contributed by atoms with Crippen LogP contribution >= 0.6 is 0 Å². The molecule has 29 heavy (non-hydrogen) atoms. The number of fused-ring (bicyclic) bond motifs is 1. The fraction of sp³-hybridized carbons (Fsp3) is 0.545. The van der Waals surface area contributed by atoms with E-state index >= 15 is 0 Å². The lowest BCUT2D eigenvalue weighted by molar-refractivity contribution is -0.127. The quantitative estimate of drug-likeness (QED) is 0.831. The van der Waals surface area contributed by atoms with E-state index in [1.165, 1.54) is 4.31 Å². The molecule has 0 spiro atoms. The fourth-order valence-electron chi connectivity index (χ4n) is 4.52. The lowest BCUT2D eigenvalue weighted by atomic mass is 9.87. The van der Waals surface area contributed by atoms with Crippen molar-refractivity contribution in [2.24, 2.45) is 11.8 Å². The number of piperidine rings is 1. The lowest BCUT2D eigenvalue weighted by Crippen LogP contribution is -2.48. The molecule has 0 radical (unpaired) electrons. The van der Waals surface area contributed by atoms with Gasteiger partial charge in [-0.1, -0.05) is 25.1 Å². The van der Waals surface area contributed by atoms with Crippen LogP contribution in [0.5, 0.6) is 0 Å². The third-order valence-corrected chi connectivity index (χ3v) is 8.23. The predicted molar refractivity (Wildman–Crippen MR) is 113 cm³/mol. The Morgan fingerprint density at radius 3 is 2.66 bits per heavy atom. The van der Waals surface area contributed by atoms with Crippen LogP contribution in [-0.2, 0) is 14.8 Å². The average molecular weight is 416 g/mol. The van der Waals surface area contributed by atoms with E-state index in [0.29, 0.717) is 18.5 Å². The Morgan fingerprint density at radius 2 is 1.86 bits per heavy atom. The maximum atomic E-state index is 13.3. The summed E-state index contributed by atoms with van der Waals surface area (Å²) in [6.45, 7) is 2.93. The Labute approximate surface area is 172 Å². The zero-order chi connectivity index (χ0) is 20.4. The molecule has 1 aliphatic heterocycles. The molecule has 1 atom stereocenters. The van der Waals surface area contributed by atoms with Crippen LogP contribution in [0.1, 0.15) is 45.4 Å². The highest BCUT2D eigenvalue weighted by Crippen LogP contribution is 2.29. The van der Waals surface area contributed by atoms with Gasteiger partial charge in [0.1, 0.15) is 4.90 Å². The zero-order valence-electron chi connectivity index (χ0n) is 16.9. The molecule has 1 aliphatic carbocycles. The first-order valence-electron chi connectivity index (χ1n) is 10.6. The number of nitrogens with one attached hydrogen (secondary N) is 1. The Hall–Kier alpha value is -1.99. The molecule has 1 aromatic heterocycles. The molecular formula is C22H29N3O3S. The maximum absolute atomic E-state index is 13.3. The number of para-hydroxylation sites is 1. The van der Waals surface area contributed by atoms with Gasteiger partial charge in [0, 0.05) is 30.7 Å². The molecule has 2 fully saturated rings. The van der Waals surface area contributed by atoms with Gasteiger partial charge in [-0.25, -0.2) is 8.42 Å². The zero-order valence-corrected chi connectivity index (χ0v) is 17.7. The van der Waals surface area contributed by atoms with Crippen molar-refractivity contribution in [2.75, 3.05) is 13.1 Å². The molecule has 1 saturated heterocycles. The van der Waals surface area contributed by atoms with Gasteiger partial charge in [0.2, 0.25) is 15.9 Å². The number of pyridine rings is 1. The Kier molecular flexibility index (Phi) is 5.88. The summed E-state index contributed by atoms with van der Waals surface area (Å²) in [6.07, 6.45) is 7.35. The molecule has 0 bridgehead atoms. The first-order valence-corrected chi connectivity index (χ1v) is 12.0. The minimum atomic E-state index is -3.70. The number of nitrogens with zero attached hydrogens (tertiary/aromatic N) is 2. The SMILES string of the molecule is CC1CCC(NC(=O)[C@@H]2CCCN(S(=O)(=O)c3cccc4cccnc34)C2)CC1. The van der Waals surface area contributed by atoms with Crippen LogP contribution in [-0.4, -0.2) is 42.7 Å². The Bertz CT molecular complexity index is 978. The minimum absolute atomic E-state index is 0.000461. The molecular weight excluding hydrogens is 386 g/mol. The predicted octanol–water partition coefficient (Wildman–Crippen LogP) is 3.33. The van der Waals surface area contributed by atoms with Crippen LogP contribution in [0.25, 0.3) is 10.9 Å². The molecule has 156 valence electrons. The summed E-state index contributed by atoms with van der Waals surface area (Å²) in [4.78, 5) is 17.3. The summed E-state index contributed by atoms with van der Waals surface area (Å²) >= 11 is 0. The highest BCUT2D eigenvalue weighted by atomic mass is 32.2. The Morgan fingerprint density at radius 1 is 1.10 bits per heavy atom. The van der Waals surface area contributed by atoms with Gasteiger partial charge < -0.3 is 5.32 Å². The van der Waals surface area contributed by atoms with E-state index in [1.54, 1.807) is 24.4 Å². The van der Waals surface area contributed by atoms with E-state index in [1.807, 2.05) is 12.1 Å². The number of amides is 1. The largest absolute Gasteiger partial charge is 0.353 e. The molecule has 2 aromatic rings. The number of sulfonamides is 1. The van der Waals surface area contributed by atoms with Gasteiger partial charge in [0.05, 0.1) is 11.4 Å². The van der Waals surface area contributed by atoms with Crippen LogP contribution in [0.2, 0.25) is 0 Å². The molecule has 7 heteroatoms. The molecule has 1 amide bonds. The summed E-state index contributed by atoms with van der Waals surface area (Å²) in [7, 11) is -3.70. The molecule has 1 N–H and O–H groups in total. The van der Waals surface area contributed by atoms with Gasteiger partial charge in [-0.05, 0) is 56.6 Å². The smallest absolute Gasteiger partial charge is 0.245 e. The van der Waals surface area contributed by atoms with Gasteiger partial charge in [0.15, 0.2) is 0 Å². The van der Waals surface area contributed by atoms with Crippen molar-refractivity contribution < 1.29 is 13.2 Å². The number of hydrogen-bond acceptors (Lipinski definition) is 4. The van der Waals surface area contributed by atoms with E-state index in [-0.39, 0.29) is 29.3 Å². The summed E-state index contributed by atoms with van der Waals surface area (Å²) in [5.41, 5.74) is 0.484. The van der Waals surface area contributed by atoms with Gasteiger partial charge in [0.25, 0.3) is 0 Å². The molecule has 2 heterocycles. The molecule has 2 aliphatic rings. The van der Waals surface area contributed by atoms with Crippen LogP contribution in [0.4, 0.5) is 0 Å². The second-order valence-electron chi connectivity index (χ2n) is 8.50. The van der Waals surface area contributed by atoms with Crippen LogP contribution in [0.3, 0.4) is 0 Å². The van der Waals surface area contributed by atoms with Crippen molar-refractivity contribution in [3.05, 3.63) is 36.5 Å². The van der Waals surface area contributed by atoms with Crippen LogP contribution in [0.15, 0.2) is 41.4 Å². The number of hydrogen-bond donors (Lipinski definition) is 1. The highest BCUT2D eigenvalue weighted by molar-refractivity contribution is 7.89. The average Bonchev–Trinajstić information content (AvgIpc) is 2.75. The molecule has 6 nitrogen and oxygen atoms in total. The number of benzene rings is 1. The van der Waals surface area contributed by atoms with Crippen molar-refractivity contribution in [1.82, 2.24) is 14.6 Å². The molecule has 4 rings (SSSR count). The van der Waals surface area contributed by atoms with E-state index in [4.69, 9.17) is 0 Å². The minimum Gasteiger partial charge on any atom is -0.353 e. The third-order valence-electron chi connectivity index (χ3n) is 6.33. The van der Waals surface area contributed by atoms with Gasteiger partial charge in [-0.15, -0.1) is 0 Å². The van der Waals surface area contributed by atoms with Gasteiger partial charge in [-0.3, -0.25) is 9.78 Å². The number of rotatable bonds is 4. The fourth-order valence-corrected chi connectivity index (χ4v) is 6.21. The van der Waals surface area contributed by atoms with Crippen LogP contribution in [0, 0.1) is 11.8 Å². The summed E-state index contributed by atoms with van der Waals surface area (Å²) in [5, 5.41) is 3.98. The highest BCUT2D eigenvalue weighted by Gasteiger charge is 2.35. The van der Waals surface area contributed by atoms with E-state index in [9.17, 15) is 13.2 Å². The molecule has 0 unspecified atom stereocenters. The van der Waals surface area contributed by atoms with Crippen molar-refractivity contribution >= 4 is 26.8 Å². The number of carbonyl (C=O) groups excluding carboxylic acids is 1. The monoisotopic (exact) mass is 415 g/mol. The summed E-state index contributed by atoms with van der Waals surface area (Å²) in [5.74, 6) is 0.439. The first-order chi connectivity index (χ1) is 13.9. The van der Waals surface area contributed by atoms with Crippen molar-refractivity contribution in [1.29, 1.82) is 0 Å². The second-order valence-corrected chi connectivity index (χ2v) is 10.4. The topological polar surface area (TPSA) is 79.4 Å². The van der Waals surface area contributed by atoms with Gasteiger partial charge >= 0.3 is 0 Å². The standard InChI is InChI=1S/C22H29N3O3S/c1-16-9-11-19(12-10-16)24-22(26)18-7-4-14-25(15-18)29(27,28)20-8-2-5-17-6-3-13-23-21(17)20/h2-3,5-6,8,13,16,18-19H,4,7,9-12,14-15H2,1H3,(H,24,26)/t16?,18-,19?/m1/s1. The maximum Gasteiger partial charge on any atom is 0.245 e. The van der Waals surface area contributed by atoms with Crippen LogP contribution < -0.4 is 5.32 Å². The van der Waals surface area contributed by atoms with E-state index in [2.05, 4.69) is 17.2 Å². The van der Waals surface area contributed by atoms with Crippen molar-refractivity contribution in [2.45, 2.75) is 56.4 Å². The van der Waals surface area contributed by atoms with E-state index in [0.717, 1.165) is 43.4 Å². The van der Waals surface area contributed by atoms with Gasteiger partial charge in [-0.2, -0.15) is 4.31 Å². The van der Waals surface area contributed by atoms with E-state index < -0.39 is 10.0 Å². The summed E-state index contributed by atoms with van der Waals surface area (Å²) < 4.78 is 28.2. The second kappa shape index (κ2) is 8.40. The van der Waals surface area contributed by atoms with Crippen molar-refractivity contribution in [3.8, 4) is 0 Å². The lowest BCUT2D eigenvalue weighted by Gasteiger charge is -2.33.